The number of amides is 2. The summed E-state index contributed by atoms with van der Waals surface area (Å²) in [6, 6.07) is 17.2. The molecule has 3 rings (SSSR count). The monoisotopic (exact) mass is 529 g/mol. The standard InChI is InChI=1S/C26H25Cl2N3O5/c1-3-35-24-12-17(4-11-23(24)36-16-18-5-6-19(27)13-22(18)28)15-29-31-26(33)14-25(32)30-20-7-9-21(34-2)10-8-20/h4-13,15H,3,14,16H2,1-2H3,(H,30,32)(H,31,33). The Balaban J connectivity index is 1.54. The number of anilines is 1. The normalized spacial score (nSPS) is 10.7. The van der Waals surface area contributed by atoms with Crippen LogP contribution < -0.4 is 25.0 Å². The third kappa shape index (κ3) is 8.18. The number of benzene rings is 3. The van der Waals surface area contributed by atoms with Crippen molar-refractivity contribution in [3.63, 3.8) is 0 Å². The summed E-state index contributed by atoms with van der Waals surface area (Å²) < 4.78 is 16.6. The Kier molecular flexibility index (Phi) is 9.97. The number of rotatable bonds is 11. The van der Waals surface area contributed by atoms with E-state index >= 15 is 0 Å². The first-order chi connectivity index (χ1) is 17.4. The fraction of sp³-hybridized carbons (Fsp3) is 0.192. The topological polar surface area (TPSA) is 98.2 Å². The molecule has 3 aromatic carbocycles. The first-order valence-corrected chi connectivity index (χ1v) is 11.7. The summed E-state index contributed by atoms with van der Waals surface area (Å²) in [6.45, 7) is 2.52. The molecular weight excluding hydrogens is 505 g/mol. The molecule has 0 saturated carbocycles. The molecule has 10 heteroatoms. The molecule has 3 aromatic rings. The van der Waals surface area contributed by atoms with Gasteiger partial charge in [-0.2, -0.15) is 5.10 Å². The smallest absolute Gasteiger partial charge is 0.249 e. The molecule has 0 heterocycles. The van der Waals surface area contributed by atoms with Crippen LogP contribution in [-0.2, 0) is 16.2 Å². The van der Waals surface area contributed by atoms with Crippen LogP contribution in [0.5, 0.6) is 17.2 Å². The number of nitrogens with one attached hydrogen (secondary N) is 2. The number of ether oxygens (including phenoxy) is 3. The van der Waals surface area contributed by atoms with Gasteiger partial charge in [0.1, 0.15) is 18.8 Å². The fourth-order valence-electron chi connectivity index (χ4n) is 3.03. The van der Waals surface area contributed by atoms with Crippen molar-refractivity contribution >= 4 is 46.9 Å². The highest BCUT2D eigenvalue weighted by Crippen LogP contribution is 2.30. The number of hydrazone groups is 1. The number of carbonyl (C=O) groups is 2. The number of halogens is 2. The zero-order valence-electron chi connectivity index (χ0n) is 19.7. The van der Waals surface area contributed by atoms with Gasteiger partial charge in [-0.15, -0.1) is 0 Å². The average molecular weight is 530 g/mol. The van der Waals surface area contributed by atoms with E-state index in [-0.39, 0.29) is 13.0 Å². The molecule has 2 amide bonds. The maximum absolute atomic E-state index is 12.1. The largest absolute Gasteiger partial charge is 0.497 e. The predicted octanol–water partition coefficient (Wildman–Crippen LogP) is 5.46. The highest BCUT2D eigenvalue weighted by Gasteiger charge is 2.10. The van der Waals surface area contributed by atoms with E-state index in [1.807, 2.05) is 6.92 Å². The minimum Gasteiger partial charge on any atom is -0.497 e. The summed E-state index contributed by atoms with van der Waals surface area (Å²) in [5.74, 6) is 0.685. The first-order valence-electron chi connectivity index (χ1n) is 11.0. The molecule has 0 bridgehead atoms. The Morgan fingerprint density at radius 3 is 2.42 bits per heavy atom. The van der Waals surface area contributed by atoms with E-state index in [9.17, 15) is 9.59 Å². The second-order valence-corrected chi connectivity index (χ2v) is 8.25. The van der Waals surface area contributed by atoms with Gasteiger partial charge >= 0.3 is 0 Å². The molecular formula is C26H25Cl2N3O5. The van der Waals surface area contributed by atoms with Crippen LogP contribution >= 0.6 is 23.2 Å². The molecule has 36 heavy (non-hydrogen) atoms. The lowest BCUT2D eigenvalue weighted by Gasteiger charge is -2.13. The number of carbonyl (C=O) groups excluding carboxylic acids is 2. The van der Waals surface area contributed by atoms with Crippen molar-refractivity contribution in [2.24, 2.45) is 5.10 Å². The molecule has 0 aromatic heterocycles. The number of hydrogen-bond donors (Lipinski definition) is 2. The summed E-state index contributed by atoms with van der Waals surface area (Å²) in [5, 5.41) is 7.62. The summed E-state index contributed by atoms with van der Waals surface area (Å²) in [5.41, 5.74) is 4.35. The van der Waals surface area contributed by atoms with E-state index in [0.717, 1.165) is 5.56 Å². The average Bonchev–Trinajstić information content (AvgIpc) is 2.85. The Morgan fingerprint density at radius 1 is 0.944 bits per heavy atom. The van der Waals surface area contributed by atoms with Crippen LogP contribution in [0.15, 0.2) is 65.8 Å². The van der Waals surface area contributed by atoms with E-state index in [2.05, 4.69) is 15.8 Å². The summed E-state index contributed by atoms with van der Waals surface area (Å²) in [6.07, 6.45) is 1.06. The Hall–Kier alpha value is -3.75. The SMILES string of the molecule is CCOc1cc(C=NNC(=O)CC(=O)Nc2ccc(OC)cc2)ccc1OCc1ccc(Cl)cc1Cl. The quantitative estimate of drug-likeness (QED) is 0.195. The fourth-order valence-corrected chi connectivity index (χ4v) is 3.49. The number of hydrogen-bond acceptors (Lipinski definition) is 6. The Labute approximate surface area is 219 Å². The lowest BCUT2D eigenvalue weighted by Crippen LogP contribution is -2.24. The van der Waals surface area contributed by atoms with Crippen LogP contribution in [0.25, 0.3) is 0 Å². The van der Waals surface area contributed by atoms with Crippen molar-refractivity contribution in [1.82, 2.24) is 5.43 Å². The van der Waals surface area contributed by atoms with Crippen molar-refractivity contribution in [2.45, 2.75) is 20.0 Å². The summed E-state index contributed by atoms with van der Waals surface area (Å²) in [4.78, 5) is 24.1. The first kappa shape index (κ1) is 26.8. The molecule has 0 aliphatic rings. The highest BCUT2D eigenvalue weighted by molar-refractivity contribution is 6.35. The summed E-state index contributed by atoms with van der Waals surface area (Å²) in [7, 11) is 1.55. The molecule has 0 aliphatic carbocycles. The molecule has 2 N–H and O–H groups in total. The van der Waals surface area contributed by atoms with Crippen molar-refractivity contribution < 1.29 is 23.8 Å². The van der Waals surface area contributed by atoms with Crippen LogP contribution in [0.1, 0.15) is 24.5 Å². The van der Waals surface area contributed by atoms with Crippen molar-refractivity contribution in [3.05, 3.63) is 81.8 Å². The summed E-state index contributed by atoms with van der Waals surface area (Å²) >= 11 is 12.1. The molecule has 0 radical (unpaired) electrons. The van der Waals surface area contributed by atoms with E-state index in [0.29, 0.717) is 45.2 Å². The van der Waals surface area contributed by atoms with Gasteiger partial charge in [-0.1, -0.05) is 29.3 Å². The van der Waals surface area contributed by atoms with Gasteiger partial charge in [0.25, 0.3) is 0 Å². The van der Waals surface area contributed by atoms with Gasteiger partial charge in [0, 0.05) is 21.3 Å². The second-order valence-electron chi connectivity index (χ2n) is 7.41. The lowest BCUT2D eigenvalue weighted by atomic mass is 10.2. The van der Waals surface area contributed by atoms with Gasteiger partial charge in [-0.05, 0) is 67.1 Å². The molecule has 0 atom stereocenters. The third-order valence-electron chi connectivity index (χ3n) is 4.76. The van der Waals surface area contributed by atoms with Crippen molar-refractivity contribution in [2.75, 3.05) is 19.0 Å². The van der Waals surface area contributed by atoms with Gasteiger partial charge in [0.05, 0.1) is 19.9 Å². The van der Waals surface area contributed by atoms with Crippen LogP contribution in [0, 0.1) is 0 Å². The number of nitrogens with zero attached hydrogens (tertiary/aromatic N) is 1. The molecule has 0 saturated heterocycles. The van der Waals surface area contributed by atoms with Crippen molar-refractivity contribution in [1.29, 1.82) is 0 Å². The molecule has 0 unspecified atom stereocenters. The molecule has 0 spiro atoms. The van der Waals surface area contributed by atoms with Crippen molar-refractivity contribution in [3.8, 4) is 17.2 Å². The van der Waals surface area contributed by atoms with Gasteiger partial charge in [-0.25, -0.2) is 5.43 Å². The van der Waals surface area contributed by atoms with Crippen LogP contribution in [-0.4, -0.2) is 31.7 Å². The Bertz CT molecular complexity index is 1230. The molecule has 8 nitrogen and oxygen atoms in total. The van der Waals surface area contributed by atoms with Gasteiger partial charge < -0.3 is 19.5 Å². The maximum Gasteiger partial charge on any atom is 0.249 e. The lowest BCUT2D eigenvalue weighted by molar-refractivity contribution is -0.126. The predicted molar refractivity (Wildman–Crippen MR) is 140 cm³/mol. The zero-order valence-corrected chi connectivity index (χ0v) is 21.2. The van der Waals surface area contributed by atoms with Gasteiger partial charge in [0.15, 0.2) is 11.5 Å². The van der Waals surface area contributed by atoms with E-state index in [1.165, 1.54) is 6.21 Å². The van der Waals surface area contributed by atoms with E-state index in [4.69, 9.17) is 37.4 Å². The van der Waals surface area contributed by atoms with Gasteiger partial charge in [-0.3, -0.25) is 9.59 Å². The van der Waals surface area contributed by atoms with Crippen LogP contribution in [0.2, 0.25) is 10.0 Å². The third-order valence-corrected chi connectivity index (χ3v) is 5.35. The maximum atomic E-state index is 12.1. The zero-order chi connectivity index (χ0) is 25.9. The van der Waals surface area contributed by atoms with E-state index in [1.54, 1.807) is 67.8 Å². The van der Waals surface area contributed by atoms with Gasteiger partial charge in [0.2, 0.25) is 11.8 Å². The minimum atomic E-state index is -0.554. The van der Waals surface area contributed by atoms with Crippen LogP contribution in [0.3, 0.4) is 0 Å². The minimum absolute atomic E-state index is 0.234. The number of methoxy groups -OCH3 is 1. The Morgan fingerprint density at radius 2 is 1.72 bits per heavy atom. The molecule has 0 fully saturated rings. The molecule has 188 valence electrons. The molecule has 0 aliphatic heterocycles. The second kappa shape index (κ2) is 13.4. The highest BCUT2D eigenvalue weighted by atomic mass is 35.5. The van der Waals surface area contributed by atoms with Crippen LogP contribution in [0.4, 0.5) is 5.69 Å². The van der Waals surface area contributed by atoms with E-state index < -0.39 is 11.8 Å².